The van der Waals surface area contributed by atoms with Gasteiger partial charge < -0.3 is 15.9 Å². The SMILES string of the molecule is CC(O)CNS(=O)(=O)c1cc(N)ccc1C(=O)O. The van der Waals surface area contributed by atoms with Gasteiger partial charge >= 0.3 is 5.97 Å². The highest BCUT2D eigenvalue weighted by molar-refractivity contribution is 7.89. The molecule has 1 unspecified atom stereocenters. The fourth-order valence-electron chi connectivity index (χ4n) is 1.25. The molecule has 8 heteroatoms. The van der Waals surface area contributed by atoms with Crippen LogP contribution in [0.1, 0.15) is 17.3 Å². The second-order valence-corrected chi connectivity index (χ2v) is 5.50. The van der Waals surface area contributed by atoms with E-state index in [1.165, 1.54) is 13.0 Å². The van der Waals surface area contributed by atoms with E-state index >= 15 is 0 Å². The van der Waals surface area contributed by atoms with E-state index in [1.54, 1.807) is 0 Å². The average Bonchev–Trinajstić information content (AvgIpc) is 2.26. The Bertz CT molecular complexity index is 553. The molecule has 1 atom stereocenters. The highest BCUT2D eigenvalue weighted by Gasteiger charge is 2.22. The van der Waals surface area contributed by atoms with Crippen LogP contribution in [0.25, 0.3) is 0 Å². The maximum atomic E-state index is 11.9. The summed E-state index contributed by atoms with van der Waals surface area (Å²) in [4.78, 5) is 10.5. The minimum Gasteiger partial charge on any atom is -0.478 e. The lowest BCUT2D eigenvalue weighted by atomic mass is 10.2. The fourth-order valence-corrected chi connectivity index (χ4v) is 2.60. The smallest absolute Gasteiger partial charge is 0.337 e. The van der Waals surface area contributed by atoms with Crippen LogP contribution in [0.2, 0.25) is 0 Å². The van der Waals surface area contributed by atoms with Crippen LogP contribution in [0.3, 0.4) is 0 Å². The normalized spacial score (nSPS) is 13.2. The molecule has 0 spiro atoms. The molecule has 1 aromatic carbocycles. The van der Waals surface area contributed by atoms with Crippen molar-refractivity contribution in [1.82, 2.24) is 4.72 Å². The van der Waals surface area contributed by atoms with Gasteiger partial charge in [-0.15, -0.1) is 0 Å². The van der Waals surface area contributed by atoms with Crippen LogP contribution in [0, 0.1) is 0 Å². The van der Waals surface area contributed by atoms with Gasteiger partial charge in [-0.1, -0.05) is 0 Å². The zero-order chi connectivity index (χ0) is 13.9. The summed E-state index contributed by atoms with van der Waals surface area (Å²) in [6, 6.07) is 3.49. The molecule has 18 heavy (non-hydrogen) atoms. The number of aromatic carboxylic acids is 1. The van der Waals surface area contributed by atoms with Crippen molar-refractivity contribution in [3.63, 3.8) is 0 Å². The molecule has 1 aromatic rings. The van der Waals surface area contributed by atoms with E-state index < -0.39 is 27.0 Å². The maximum absolute atomic E-state index is 11.9. The van der Waals surface area contributed by atoms with E-state index in [0.29, 0.717) is 0 Å². The molecular weight excluding hydrogens is 260 g/mol. The summed E-state index contributed by atoms with van der Waals surface area (Å²) in [5.74, 6) is -1.37. The van der Waals surface area contributed by atoms with Gasteiger partial charge in [0.2, 0.25) is 10.0 Å². The average molecular weight is 274 g/mol. The van der Waals surface area contributed by atoms with Crippen LogP contribution in [-0.2, 0) is 10.0 Å². The first kappa shape index (κ1) is 14.4. The first-order valence-electron chi connectivity index (χ1n) is 5.04. The molecule has 1 rings (SSSR count). The number of hydrogen-bond acceptors (Lipinski definition) is 5. The fraction of sp³-hybridized carbons (Fsp3) is 0.300. The highest BCUT2D eigenvalue weighted by atomic mass is 32.2. The number of hydrogen-bond donors (Lipinski definition) is 4. The highest BCUT2D eigenvalue weighted by Crippen LogP contribution is 2.19. The molecule has 0 amide bonds. The number of sulfonamides is 1. The van der Waals surface area contributed by atoms with Gasteiger partial charge in [0.15, 0.2) is 0 Å². The molecule has 0 aliphatic rings. The largest absolute Gasteiger partial charge is 0.478 e. The Morgan fingerprint density at radius 3 is 2.61 bits per heavy atom. The van der Waals surface area contributed by atoms with E-state index in [-0.39, 0.29) is 17.8 Å². The predicted molar refractivity (Wildman–Crippen MR) is 64.7 cm³/mol. The van der Waals surface area contributed by atoms with Crippen molar-refractivity contribution in [3.05, 3.63) is 23.8 Å². The third-order valence-corrected chi connectivity index (χ3v) is 3.56. The molecule has 0 fully saturated rings. The van der Waals surface area contributed by atoms with E-state index in [0.717, 1.165) is 12.1 Å². The third kappa shape index (κ3) is 3.42. The van der Waals surface area contributed by atoms with Gasteiger partial charge in [0, 0.05) is 12.2 Å². The van der Waals surface area contributed by atoms with E-state index in [9.17, 15) is 13.2 Å². The Morgan fingerprint density at radius 2 is 2.11 bits per heavy atom. The molecule has 100 valence electrons. The molecule has 0 saturated heterocycles. The molecule has 0 radical (unpaired) electrons. The van der Waals surface area contributed by atoms with Gasteiger partial charge in [-0.25, -0.2) is 17.9 Å². The van der Waals surface area contributed by atoms with Crippen LogP contribution in [0.4, 0.5) is 5.69 Å². The monoisotopic (exact) mass is 274 g/mol. The first-order valence-corrected chi connectivity index (χ1v) is 6.53. The number of nitrogen functional groups attached to an aromatic ring is 1. The Hall–Kier alpha value is -1.64. The molecule has 7 nitrogen and oxygen atoms in total. The molecule has 0 heterocycles. The lowest BCUT2D eigenvalue weighted by Gasteiger charge is -2.11. The number of aliphatic hydroxyl groups excluding tert-OH is 1. The molecule has 0 aliphatic carbocycles. The van der Waals surface area contributed by atoms with Crippen molar-refractivity contribution in [2.75, 3.05) is 12.3 Å². The van der Waals surface area contributed by atoms with Gasteiger partial charge in [0.1, 0.15) is 0 Å². The van der Waals surface area contributed by atoms with Crippen molar-refractivity contribution in [2.24, 2.45) is 0 Å². The second kappa shape index (κ2) is 5.34. The summed E-state index contributed by atoms with van der Waals surface area (Å²) >= 11 is 0. The van der Waals surface area contributed by atoms with Gasteiger partial charge in [-0.2, -0.15) is 0 Å². The van der Waals surface area contributed by atoms with Crippen LogP contribution >= 0.6 is 0 Å². The minimum absolute atomic E-state index is 0.137. The maximum Gasteiger partial charge on any atom is 0.337 e. The second-order valence-electron chi connectivity index (χ2n) is 3.76. The summed E-state index contributed by atoms with van der Waals surface area (Å²) < 4.78 is 25.8. The third-order valence-electron chi connectivity index (χ3n) is 2.09. The number of rotatable bonds is 5. The van der Waals surface area contributed by atoms with Gasteiger partial charge in [0.25, 0.3) is 0 Å². The number of aliphatic hydroxyl groups is 1. The van der Waals surface area contributed by atoms with Crippen LogP contribution < -0.4 is 10.5 Å². The van der Waals surface area contributed by atoms with Crippen molar-refractivity contribution in [2.45, 2.75) is 17.9 Å². The molecule has 0 aliphatic heterocycles. The van der Waals surface area contributed by atoms with Gasteiger partial charge in [-0.3, -0.25) is 0 Å². The first-order chi connectivity index (χ1) is 8.24. The lowest BCUT2D eigenvalue weighted by Crippen LogP contribution is -2.31. The number of nitrogens with one attached hydrogen (secondary N) is 1. The van der Waals surface area contributed by atoms with Gasteiger partial charge in [0.05, 0.1) is 16.6 Å². The molecular formula is C10H14N2O5S. The number of carboxylic acids is 1. The van der Waals surface area contributed by atoms with Crippen molar-refractivity contribution in [3.8, 4) is 0 Å². The van der Waals surface area contributed by atoms with Crippen molar-refractivity contribution < 1.29 is 23.4 Å². The van der Waals surface area contributed by atoms with Crippen LogP contribution in [0.15, 0.2) is 23.1 Å². The van der Waals surface area contributed by atoms with Gasteiger partial charge in [-0.05, 0) is 25.1 Å². The van der Waals surface area contributed by atoms with E-state index in [1.807, 2.05) is 0 Å². The Kier molecular flexibility index (Phi) is 4.28. The Morgan fingerprint density at radius 1 is 1.50 bits per heavy atom. The standard InChI is InChI=1S/C10H14N2O5S/c1-6(13)5-12-18(16,17)9-4-7(11)2-3-8(9)10(14)15/h2-4,6,12-13H,5,11H2,1H3,(H,14,15). The number of benzene rings is 1. The van der Waals surface area contributed by atoms with Crippen molar-refractivity contribution >= 4 is 21.7 Å². The van der Waals surface area contributed by atoms with E-state index in [4.69, 9.17) is 15.9 Å². The van der Waals surface area contributed by atoms with Crippen molar-refractivity contribution in [1.29, 1.82) is 0 Å². The zero-order valence-corrected chi connectivity index (χ0v) is 10.4. The minimum atomic E-state index is -4.02. The summed E-state index contributed by atoms with van der Waals surface area (Å²) in [5.41, 5.74) is 5.21. The Labute approximate surface area is 104 Å². The number of nitrogens with two attached hydrogens (primary N) is 1. The molecule has 0 saturated carbocycles. The summed E-state index contributed by atoms with van der Waals surface area (Å²) in [7, 11) is -4.02. The number of carboxylic acid groups (broad SMARTS) is 1. The van der Waals surface area contributed by atoms with Crippen LogP contribution in [-0.4, -0.2) is 37.2 Å². The molecule has 5 N–H and O–H groups in total. The summed E-state index contributed by atoms with van der Waals surface area (Å²) in [5, 5.41) is 17.9. The predicted octanol–water partition coefficient (Wildman–Crippen LogP) is -0.374. The topological polar surface area (TPSA) is 130 Å². The summed E-state index contributed by atoms with van der Waals surface area (Å²) in [6.45, 7) is 1.19. The Balaban J connectivity index is 3.22. The van der Waals surface area contributed by atoms with Crippen LogP contribution in [0.5, 0.6) is 0 Å². The molecule has 0 bridgehead atoms. The molecule has 0 aromatic heterocycles. The van der Waals surface area contributed by atoms with E-state index in [2.05, 4.69) is 4.72 Å². The lowest BCUT2D eigenvalue weighted by molar-refractivity contribution is 0.0692. The number of anilines is 1. The number of carbonyl (C=O) groups is 1. The summed E-state index contributed by atoms with van der Waals surface area (Å²) in [6.07, 6.45) is -0.880. The zero-order valence-electron chi connectivity index (χ0n) is 9.62. The quantitative estimate of drug-likeness (QED) is 0.542.